The third-order valence-electron chi connectivity index (χ3n) is 5.46. The van der Waals surface area contributed by atoms with Gasteiger partial charge in [0.15, 0.2) is 5.82 Å². The molecule has 2 N–H and O–H groups in total. The molecule has 2 aromatic heterocycles. The van der Waals surface area contributed by atoms with E-state index in [4.69, 9.17) is 20.2 Å². The minimum Gasteiger partial charge on any atom is -0.497 e. The minimum absolute atomic E-state index is 0.0176. The summed E-state index contributed by atoms with van der Waals surface area (Å²) in [5.74, 6) is 8.88. The molecule has 1 fully saturated rings. The molecule has 1 atom stereocenters. The van der Waals surface area contributed by atoms with Crippen LogP contribution in [0.1, 0.15) is 36.3 Å². The Morgan fingerprint density at radius 2 is 1.97 bits per heavy atom. The van der Waals surface area contributed by atoms with Crippen molar-refractivity contribution in [3.05, 3.63) is 59.8 Å². The lowest BCUT2D eigenvalue weighted by molar-refractivity contribution is -0.125. The maximum atomic E-state index is 12.2. The molecule has 8 heteroatoms. The molecule has 1 aromatic carbocycles. The zero-order valence-corrected chi connectivity index (χ0v) is 18.3. The summed E-state index contributed by atoms with van der Waals surface area (Å²) in [6.45, 7) is 3.13. The maximum Gasteiger partial charge on any atom is 0.246 e. The van der Waals surface area contributed by atoms with Gasteiger partial charge in [0.05, 0.1) is 14.2 Å². The molecule has 164 valence electrons. The zero-order chi connectivity index (χ0) is 22.7. The number of hydrogen-bond donors (Lipinski definition) is 1. The molecule has 0 aliphatic carbocycles. The summed E-state index contributed by atoms with van der Waals surface area (Å²) in [6.07, 6.45) is 7.66. The van der Waals surface area contributed by atoms with E-state index in [0.29, 0.717) is 41.6 Å². The summed E-state index contributed by atoms with van der Waals surface area (Å²) in [5.41, 5.74) is 8.14. The van der Waals surface area contributed by atoms with Crippen molar-refractivity contribution >= 4 is 17.2 Å². The molecule has 0 saturated carbocycles. The smallest absolute Gasteiger partial charge is 0.246 e. The lowest BCUT2D eigenvalue weighted by Crippen LogP contribution is -2.26. The van der Waals surface area contributed by atoms with Crippen molar-refractivity contribution in [1.29, 1.82) is 0 Å². The van der Waals surface area contributed by atoms with Crippen LogP contribution in [0.4, 0.5) is 5.82 Å². The molecule has 1 aliphatic rings. The number of ether oxygens (including phenoxy) is 2. The molecule has 0 radical (unpaired) electrons. The van der Waals surface area contributed by atoms with Gasteiger partial charge in [0.1, 0.15) is 28.5 Å². The quantitative estimate of drug-likeness (QED) is 0.504. The number of allylic oxidation sites excluding steroid dienone is 1. The molecule has 0 unspecified atom stereocenters. The second-order valence-corrected chi connectivity index (χ2v) is 7.47. The number of carbonyl (C=O) groups is 1. The lowest BCUT2D eigenvalue weighted by atomic mass is 10.1. The number of hydrogen-bond acceptors (Lipinski definition) is 6. The van der Waals surface area contributed by atoms with Gasteiger partial charge in [-0.3, -0.25) is 9.20 Å². The predicted molar refractivity (Wildman–Crippen MR) is 122 cm³/mol. The molecule has 1 amide bonds. The molecule has 0 bridgehead atoms. The van der Waals surface area contributed by atoms with Gasteiger partial charge in [-0.2, -0.15) is 0 Å². The largest absolute Gasteiger partial charge is 0.497 e. The number of aromatic nitrogens is 3. The van der Waals surface area contributed by atoms with Crippen LogP contribution in [0, 0.1) is 11.8 Å². The first-order valence-corrected chi connectivity index (χ1v) is 10.3. The van der Waals surface area contributed by atoms with Gasteiger partial charge >= 0.3 is 0 Å². The van der Waals surface area contributed by atoms with E-state index < -0.39 is 0 Å². The highest BCUT2D eigenvalue weighted by Gasteiger charge is 2.30. The summed E-state index contributed by atoms with van der Waals surface area (Å²) in [7, 11) is 3.19. The van der Waals surface area contributed by atoms with E-state index in [0.717, 1.165) is 17.8 Å². The van der Waals surface area contributed by atoms with Crippen molar-refractivity contribution in [2.75, 3.05) is 33.0 Å². The normalized spacial score (nSPS) is 15.7. The van der Waals surface area contributed by atoms with Crippen LogP contribution in [0.3, 0.4) is 0 Å². The van der Waals surface area contributed by atoms with Crippen molar-refractivity contribution in [3.8, 4) is 23.3 Å². The Morgan fingerprint density at radius 1 is 1.22 bits per heavy atom. The molecular formula is C24H25N5O3. The summed E-state index contributed by atoms with van der Waals surface area (Å²) in [5, 5.41) is 0. The van der Waals surface area contributed by atoms with Crippen molar-refractivity contribution in [2.45, 2.75) is 19.3 Å². The highest BCUT2D eigenvalue weighted by atomic mass is 16.5. The van der Waals surface area contributed by atoms with E-state index in [-0.39, 0.29) is 11.8 Å². The van der Waals surface area contributed by atoms with Crippen LogP contribution in [-0.4, -0.2) is 52.5 Å². The number of likely N-dealkylation sites (tertiary alicyclic amines) is 1. The summed E-state index contributed by atoms with van der Waals surface area (Å²) >= 11 is 0. The number of amides is 1. The first kappa shape index (κ1) is 21.2. The van der Waals surface area contributed by atoms with Crippen LogP contribution in [0.5, 0.6) is 11.5 Å². The minimum atomic E-state index is 0.0176. The van der Waals surface area contributed by atoms with Gasteiger partial charge in [-0.05, 0) is 37.5 Å². The summed E-state index contributed by atoms with van der Waals surface area (Å²) in [4.78, 5) is 23.1. The topological polar surface area (TPSA) is 95.0 Å². The standard InChI is InChI=1S/C24H25N5O3/c1-4-5-21(30)28-10-8-17(15-28)24-27-20(22-23(25)26-9-11-29(22)24)7-6-16-12-18(31-2)14-19(13-16)32-3/h4-5,9,11-14,17H,8,10,15H2,1-3H3,(H2,25,26)/b5-4+/t17-/m1/s1. The molecule has 32 heavy (non-hydrogen) atoms. The Bertz CT molecular complexity index is 1230. The van der Waals surface area contributed by atoms with Crippen LogP contribution < -0.4 is 15.2 Å². The number of carbonyl (C=O) groups excluding carboxylic acids is 1. The lowest BCUT2D eigenvalue weighted by Gasteiger charge is -2.14. The van der Waals surface area contributed by atoms with Gasteiger partial charge in [-0.1, -0.05) is 12.0 Å². The van der Waals surface area contributed by atoms with Gasteiger partial charge < -0.3 is 20.1 Å². The van der Waals surface area contributed by atoms with E-state index in [1.165, 1.54) is 0 Å². The Kier molecular flexibility index (Phi) is 5.99. The first-order valence-electron chi connectivity index (χ1n) is 10.3. The predicted octanol–water partition coefficient (Wildman–Crippen LogP) is 2.62. The van der Waals surface area contributed by atoms with Crippen molar-refractivity contribution < 1.29 is 14.3 Å². The zero-order valence-electron chi connectivity index (χ0n) is 18.3. The number of nitrogen functional groups attached to an aromatic ring is 1. The van der Waals surface area contributed by atoms with Crippen LogP contribution >= 0.6 is 0 Å². The van der Waals surface area contributed by atoms with Gasteiger partial charge in [0.2, 0.25) is 5.91 Å². The number of anilines is 1. The second-order valence-electron chi connectivity index (χ2n) is 7.47. The Labute approximate surface area is 186 Å². The van der Waals surface area contributed by atoms with E-state index in [1.807, 2.05) is 34.6 Å². The van der Waals surface area contributed by atoms with Crippen molar-refractivity contribution in [2.24, 2.45) is 0 Å². The van der Waals surface area contributed by atoms with Crippen LogP contribution in [0.15, 0.2) is 42.7 Å². The molecule has 3 aromatic rings. The third kappa shape index (κ3) is 4.10. The number of nitrogens with two attached hydrogens (primary N) is 1. The highest BCUT2D eigenvalue weighted by Crippen LogP contribution is 2.30. The number of methoxy groups -OCH3 is 2. The number of rotatable bonds is 4. The molecular weight excluding hydrogens is 406 g/mol. The average Bonchev–Trinajstić information content (AvgIpc) is 3.43. The van der Waals surface area contributed by atoms with Gasteiger partial charge in [-0.15, -0.1) is 0 Å². The van der Waals surface area contributed by atoms with Gasteiger partial charge in [0, 0.05) is 43.0 Å². The summed E-state index contributed by atoms with van der Waals surface area (Å²) in [6, 6.07) is 5.45. The van der Waals surface area contributed by atoms with Crippen molar-refractivity contribution in [1.82, 2.24) is 19.3 Å². The van der Waals surface area contributed by atoms with Gasteiger partial charge in [-0.25, -0.2) is 9.97 Å². The van der Waals surface area contributed by atoms with E-state index in [2.05, 4.69) is 16.8 Å². The monoisotopic (exact) mass is 431 g/mol. The first-order chi connectivity index (χ1) is 15.5. The second kappa shape index (κ2) is 9.02. The molecule has 0 spiro atoms. The van der Waals surface area contributed by atoms with E-state index >= 15 is 0 Å². The van der Waals surface area contributed by atoms with Gasteiger partial charge in [0.25, 0.3) is 0 Å². The Hall–Kier alpha value is -3.99. The fourth-order valence-corrected chi connectivity index (χ4v) is 3.89. The molecule has 3 heterocycles. The van der Waals surface area contributed by atoms with Crippen LogP contribution in [0.2, 0.25) is 0 Å². The number of imidazole rings is 1. The fourth-order valence-electron chi connectivity index (χ4n) is 3.89. The van der Waals surface area contributed by atoms with Crippen LogP contribution in [0.25, 0.3) is 5.52 Å². The number of nitrogens with zero attached hydrogens (tertiary/aromatic N) is 4. The van der Waals surface area contributed by atoms with Crippen LogP contribution in [-0.2, 0) is 4.79 Å². The highest BCUT2D eigenvalue weighted by molar-refractivity contribution is 5.87. The number of fused-ring (bicyclic) bond motifs is 1. The maximum absolute atomic E-state index is 12.2. The number of benzene rings is 1. The molecule has 1 aliphatic heterocycles. The van der Waals surface area contributed by atoms with E-state index in [1.54, 1.807) is 38.6 Å². The Morgan fingerprint density at radius 3 is 2.66 bits per heavy atom. The van der Waals surface area contributed by atoms with Crippen molar-refractivity contribution in [3.63, 3.8) is 0 Å². The Balaban J connectivity index is 1.72. The third-order valence-corrected chi connectivity index (χ3v) is 5.46. The SMILES string of the molecule is C/C=C/C(=O)N1CC[C@@H](c2nc(C#Cc3cc(OC)cc(OC)c3)c3c(N)nccn23)C1. The average molecular weight is 431 g/mol. The molecule has 1 saturated heterocycles. The molecule has 8 nitrogen and oxygen atoms in total. The molecule has 4 rings (SSSR count). The summed E-state index contributed by atoms with van der Waals surface area (Å²) < 4.78 is 12.6. The van der Waals surface area contributed by atoms with E-state index in [9.17, 15) is 4.79 Å². The fraction of sp³-hybridized carbons (Fsp3) is 0.292.